The fourth-order valence-electron chi connectivity index (χ4n) is 2.49. The van der Waals surface area contributed by atoms with Gasteiger partial charge in [0.25, 0.3) is 5.91 Å². The second kappa shape index (κ2) is 6.66. The lowest BCUT2D eigenvalue weighted by molar-refractivity contribution is 0.0945. The van der Waals surface area contributed by atoms with Gasteiger partial charge in [0.05, 0.1) is 25.5 Å². The Balaban J connectivity index is 1.65. The highest BCUT2D eigenvalue weighted by Gasteiger charge is 2.14. The zero-order valence-electron chi connectivity index (χ0n) is 12.9. The number of amides is 1. The van der Waals surface area contributed by atoms with Crippen LogP contribution in [0.5, 0.6) is 0 Å². The topological polar surface area (TPSA) is 103 Å². The number of imidazole rings is 1. The first-order valence-electron chi connectivity index (χ1n) is 7.49. The van der Waals surface area contributed by atoms with Crippen LogP contribution < -0.4 is 15.9 Å². The Kier molecular flexibility index (Phi) is 4.42. The second-order valence-corrected chi connectivity index (χ2v) is 5.35. The highest BCUT2D eigenvalue weighted by Crippen LogP contribution is 2.13. The van der Waals surface area contributed by atoms with Crippen LogP contribution in [0.15, 0.2) is 23.0 Å². The molecule has 122 valence electrons. The lowest BCUT2D eigenvalue weighted by Gasteiger charge is -2.28. The zero-order chi connectivity index (χ0) is 16.2. The number of carbonyl (C=O) groups is 1. The van der Waals surface area contributed by atoms with Crippen LogP contribution in [0.3, 0.4) is 0 Å². The highest BCUT2D eigenvalue weighted by molar-refractivity contribution is 5.93. The number of aromatic nitrogens is 3. The van der Waals surface area contributed by atoms with Gasteiger partial charge in [-0.25, -0.2) is 9.78 Å². The third-order valence-electron chi connectivity index (χ3n) is 3.70. The summed E-state index contributed by atoms with van der Waals surface area (Å²) in [5.74, 6) is 0.547. The first-order valence-corrected chi connectivity index (χ1v) is 7.49. The Morgan fingerprint density at radius 2 is 2.13 bits per heavy atom. The molecule has 3 heterocycles. The number of aryl methyl sites for hydroxylation is 1. The van der Waals surface area contributed by atoms with Crippen LogP contribution in [0.2, 0.25) is 0 Å². The smallest absolute Gasteiger partial charge is 0.323 e. The van der Waals surface area contributed by atoms with Crippen LogP contribution in [-0.4, -0.2) is 47.2 Å². The number of hydrogen-bond donors (Lipinski definition) is 3. The molecule has 0 radical (unpaired) electrons. The lowest BCUT2D eigenvalue weighted by Crippen LogP contribution is -2.37. The summed E-state index contributed by atoms with van der Waals surface area (Å²) < 4.78 is 5.33. The Bertz CT molecular complexity index is 746. The van der Waals surface area contributed by atoms with E-state index in [0.717, 1.165) is 24.6 Å². The SMILES string of the molecule is Cc1[nH]c(=O)[nH]c1C(=O)NCc1cccc(N2CCOCC2)n1. The molecule has 2 aromatic rings. The average molecular weight is 317 g/mol. The first-order chi connectivity index (χ1) is 11.1. The van der Waals surface area contributed by atoms with Gasteiger partial charge in [-0.1, -0.05) is 6.07 Å². The molecule has 23 heavy (non-hydrogen) atoms. The molecular formula is C15H19N5O3. The summed E-state index contributed by atoms with van der Waals surface area (Å²) >= 11 is 0. The molecule has 0 saturated carbocycles. The third-order valence-corrected chi connectivity index (χ3v) is 3.70. The van der Waals surface area contributed by atoms with Crippen LogP contribution in [0.25, 0.3) is 0 Å². The van der Waals surface area contributed by atoms with E-state index in [0.29, 0.717) is 25.5 Å². The molecule has 2 aromatic heterocycles. The minimum Gasteiger partial charge on any atom is -0.378 e. The number of aromatic amines is 2. The Morgan fingerprint density at radius 3 is 2.83 bits per heavy atom. The number of pyridine rings is 1. The van der Waals surface area contributed by atoms with Crippen LogP contribution in [-0.2, 0) is 11.3 Å². The van der Waals surface area contributed by atoms with Crippen molar-refractivity contribution in [2.45, 2.75) is 13.5 Å². The Hall–Kier alpha value is -2.61. The molecule has 3 N–H and O–H groups in total. The maximum Gasteiger partial charge on any atom is 0.323 e. The monoisotopic (exact) mass is 317 g/mol. The van der Waals surface area contributed by atoms with Gasteiger partial charge in [0, 0.05) is 18.8 Å². The molecule has 0 spiro atoms. The van der Waals surface area contributed by atoms with Gasteiger partial charge in [0.2, 0.25) is 0 Å². The average Bonchev–Trinajstić information content (AvgIpc) is 2.92. The van der Waals surface area contributed by atoms with Gasteiger partial charge >= 0.3 is 5.69 Å². The van der Waals surface area contributed by atoms with E-state index in [9.17, 15) is 9.59 Å². The molecule has 8 heteroatoms. The van der Waals surface area contributed by atoms with Crippen molar-refractivity contribution < 1.29 is 9.53 Å². The van der Waals surface area contributed by atoms with Crippen molar-refractivity contribution in [3.05, 3.63) is 45.8 Å². The molecular weight excluding hydrogens is 298 g/mol. The van der Waals surface area contributed by atoms with Crippen molar-refractivity contribution >= 4 is 11.7 Å². The molecule has 0 aliphatic carbocycles. The summed E-state index contributed by atoms with van der Waals surface area (Å²) in [5.41, 5.74) is 1.14. The normalized spacial score (nSPS) is 14.7. The molecule has 1 aliphatic heterocycles. The van der Waals surface area contributed by atoms with E-state index < -0.39 is 0 Å². The second-order valence-electron chi connectivity index (χ2n) is 5.35. The minimum absolute atomic E-state index is 0.249. The van der Waals surface area contributed by atoms with E-state index in [-0.39, 0.29) is 17.3 Å². The van der Waals surface area contributed by atoms with Gasteiger partial charge in [0.15, 0.2) is 0 Å². The predicted octanol–water partition coefficient (Wildman–Crippen LogP) is 0.173. The van der Waals surface area contributed by atoms with Gasteiger partial charge in [-0.2, -0.15) is 0 Å². The van der Waals surface area contributed by atoms with Crippen LogP contribution in [0.1, 0.15) is 21.9 Å². The van der Waals surface area contributed by atoms with E-state index in [1.807, 2.05) is 18.2 Å². The number of anilines is 1. The van der Waals surface area contributed by atoms with Gasteiger partial charge in [-0.05, 0) is 19.1 Å². The highest BCUT2D eigenvalue weighted by atomic mass is 16.5. The van der Waals surface area contributed by atoms with E-state index in [2.05, 4.69) is 25.2 Å². The van der Waals surface area contributed by atoms with Crippen molar-refractivity contribution in [1.82, 2.24) is 20.3 Å². The van der Waals surface area contributed by atoms with Crippen molar-refractivity contribution in [3.8, 4) is 0 Å². The van der Waals surface area contributed by atoms with E-state index >= 15 is 0 Å². The van der Waals surface area contributed by atoms with Crippen molar-refractivity contribution in [2.75, 3.05) is 31.2 Å². The molecule has 1 amide bonds. The maximum atomic E-state index is 12.1. The van der Waals surface area contributed by atoms with Crippen LogP contribution in [0, 0.1) is 6.92 Å². The molecule has 0 aromatic carbocycles. The quantitative estimate of drug-likeness (QED) is 0.746. The predicted molar refractivity (Wildman–Crippen MR) is 84.6 cm³/mol. The molecule has 3 rings (SSSR count). The standard InChI is InChI=1S/C15H19N5O3/c1-10-13(19-15(22)17-10)14(21)16-9-11-3-2-4-12(18-11)20-5-7-23-8-6-20/h2-4H,5-9H2,1H3,(H,16,21)(H2,17,19,22). The number of ether oxygens (including phenoxy) is 1. The number of carbonyl (C=O) groups excluding carboxylic acids is 1. The lowest BCUT2D eigenvalue weighted by atomic mass is 10.3. The minimum atomic E-state index is -0.389. The summed E-state index contributed by atoms with van der Waals surface area (Å²) in [6, 6.07) is 5.73. The first kappa shape index (κ1) is 15.3. The van der Waals surface area contributed by atoms with Crippen LogP contribution in [0.4, 0.5) is 5.82 Å². The fourth-order valence-corrected chi connectivity index (χ4v) is 2.49. The third kappa shape index (κ3) is 3.59. The van der Waals surface area contributed by atoms with E-state index in [4.69, 9.17) is 4.74 Å². The fraction of sp³-hybridized carbons (Fsp3) is 0.400. The van der Waals surface area contributed by atoms with Gasteiger partial charge in [-0.15, -0.1) is 0 Å². The van der Waals surface area contributed by atoms with Gasteiger partial charge in [-0.3, -0.25) is 4.79 Å². The number of hydrogen-bond acceptors (Lipinski definition) is 5. The number of nitrogens with zero attached hydrogens (tertiary/aromatic N) is 2. The zero-order valence-corrected chi connectivity index (χ0v) is 12.9. The molecule has 0 bridgehead atoms. The summed E-state index contributed by atoms with van der Waals surface area (Å²) in [6.45, 7) is 4.98. The van der Waals surface area contributed by atoms with Crippen molar-refractivity contribution in [2.24, 2.45) is 0 Å². The number of rotatable bonds is 4. The summed E-state index contributed by atoms with van der Waals surface area (Å²) in [4.78, 5) is 35.0. The number of H-pyrrole nitrogens is 2. The van der Waals surface area contributed by atoms with Crippen molar-refractivity contribution in [1.29, 1.82) is 0 Å². The largest absolute Gasteiger partial charge is 0.378 e. The van der Waals surface area contributed by atoms with E-state index in [1.54, 1.807) is 6.92 Å². The Morgan fingerprint density at radius 1 is 1.35 bits per heavy atom. The number of nitrogens with one attached hydrogen (secondary N) is 3. The summed E-state index contributed by atoms with van der Waals surface area (Å²) in [7, 11) is 0. The maximum absolute atomic E-state index is 12.1. The summed E-state index contributed by atoms with van der Waals surface area (Å²) in [6.07, 6.45) is 0. The number of morpholine rings is 1. The van der Waals surface area contributed by atoms with E-state index in [1.165, 1.54) is 0 Å². The van der Waals surface area contributed by atoms with Gasteiger partial charge in [0.1, 0.15) is 11.5 Å². The van der Waals surface area contributed by atoms with Crippen molar-refractivity contribution in [3.63, 3.8) is 0 Å². The Labute approximate surface area is 132 Å². The van der Waals surface area contributed by atoms with Crippen LogP contribution >= 0.6 is 0 Å². The molecule has 1 saturated heterocycles. The van der Waals surface area contributed by atoms with Gasteiger partial charge < -0.3 is 24.9 Å². The summed E-state index contributed by atoms with van der Waals surface area (Å²) in [5, 5.41) is 2.76. The molecule has 1 fully saturated rings. The molecule has 0 atom stereocenters. The molecule has 1 aliphatic rings. The molecule has 8 nitrogen and oxygen atoms in total. The molecule has 0 unspecified atom stereocenters.